The third kappa shape index (κ3) is 1.51. The van der Waals surface area contributed by atoms with Gasteiger partial charge < -0.3 is 9.79 Å². The van der Waals surface area contributed by atoms with Gasteiger partial charge in [0, 0.05) is 12.6 Å². The van der Waals surface area contributed by atoms with E-state index in [9.17, 15) is 4.57 Å². The lowest BCUT2D eigenvalue weighted by molar-refractivity contribution is 0.286. The van der Waals surface area contributed by atoms with Crippen molar-refractivity contribution in [2.45, 2.75) is 6.42 Å². The van der Waals surface area contributed by atoms with E-state index in [1.807, 2.05) is 0 Å². The Hall–Kier alpha value is -0.380. The van der Waals surface area contributed by atoms with Crippen LogP contribution in [0.15, 0.2) is 5.10 Å². The standard InChI is InChI=1S/C3H7N2O3P/c6-9(7,8)5-3-1-2-4-5/h2H,1,3H2,(H2,6,7,8). The van der Waals surface area contributed by atoms with Crippen LogP contribution in [0.2, 0.25) is 0 Å². The zero-order chi connectivity index (χ0) is 6.91. The van der Waals surface area contributed by atoms with Crippen molar-refractivity contribution in [2.75, 3.05) is 6.54 Å². The fourth-order valence-corrected chi connectivity index (χ4v) is 1.16. The Balaban J connectivity index is 2.64. The molecule has 2 N–H and O–H groups in total. The van der Waals surface area contributed by atoms with E-state index in [1.54, 1.807) is 0 Å². The number of hydrogen-bond acceptors (Lipinski definition) is 2. The molecule has 0 aliphatic carbocycles. The second kappa shape index (κ2) is 2.10. The minimum absolute atomic E-state index is 0.324. The molecule has 0 aromatic heterocycles. The quantitative estimate of drug-likeness (QED) is 0.506. The van der Waals surface area contributed by atoms with Crippen LogP contribution in [0.3, 0.4) is 0 Å². The summed E-state index contributed by atoms with van der Waals surface area (Å²) in [4.78, 5) is 16.9. The fourth-order valence-electron chi connectivity index (χ4n) is 0.580. The summed E-state index contributed by atoms with van der Waals surface area (Å²) < 4.78 is 11.1. The van der Waals surface area contributed by atoms with Gasteiger partial charge in [-0.1, -0.05) is 0 Å². The van der Waals surface area contributed by atoms with Crippen molar-refractivity contribution in [2.24, 2.45) is 5.10 Å². The van der Waals surface area contributed by atoms with Crippen LogP contribution in [0.1, 0.15) is 6.42 Å². The first-order chi connectivity index (χ1) is 4.11. The average Bonchev–Trinajstić information content (AvgIpc) is 2.08. The van der Waals surface area contributed by atoms with Crippen molar-refractivity contribution in [1.82, 2.24) is 4.78 Å². The van der Waals surface area contributed by atoms with Crippen molar-refractivity contribution >= 4 is 14.0 Å². The zero-order valence-electron chi connectivity index (χ0n) is 4.64. The molecule has 0 saturated carbocycles. The average molecular weight is 150 g/mol. The Kier molecular flexibility index (Phi) is 1.57. The van der Waals surface area contributed by atoms with Crippen LogP contribution in [0.4, 0.5) is 0 Å². The van der Waals surface area contributed by atoms with Crippen LogP contribution >= 0.6 is 7.75 Å². The summed E-state index contributed by atoms with van der Waals surface area (Å²) in [6.45, 7) is 0.324. The maximum atomic E-state index is 10.3. The Morgan fingerprint density at radius 3 is 2.56 bits per heavy atom. The molecule has 52 valence electrons. The second-order valence-corrected chi connectivity index (χ2v) is 3.18. The molecule has 0 radical (unpaired) electrons. The maximum absolute atomic E-state index is 10.3. The lowest BCUT2D eigenvalue weighted by atomic mass is 10.5. The fraction of sp³-hybridized carbons (Fsp3) is 0.667. The van der Waals surface area contributed by atoms with Crippen molar-refractivity contribution < 1.29 is 14.4 Å². The summed E-state index contributed by atoms with van der Waals surface area (Å²) in [5, 5.41) is 3.45. The summed E-state index contributed by atoms with van der Waals surface area (Å²) in [7, 11) is -4.08. The van der Waals surface area contributed by atoms with Crippen LogP contribution in [0.5, 0.6) is 0 Å². The molecule has 0 amide bonds. The van der Waals surface area contributed by atoms with Gasteiger partial charge in [-0.15, -0.1) is 0 Å². The van der Waals surface area contributed by atoms with Crippen LogP contribution in [-0.2, 0) is 4.57 Å². The number of hydrogen-bond donors (Lipinski definition) is 2. The molecule has 0 bridgehead atoms. The normalized spacial score (nSPS) is 19.1. The van der Waals surface area contributed by atoms with Crippen molar-refractivity contribution in [3.05, 3.63) is 0 Å². The van der Waals surface area contributed by atoms with Crippen molar-refractivity contribution in [3.8, 4) is 0 Å². The highest BCUT2D eigenvalue weighted by Crippen LogP contribution is 2.41. The summed E-state index contributed by atoms with van der Waals surface area (Å²) in [6, 6.07) is 0. The monoisotopic (exact) mass is 150 g/mol. The highest BCUT2D eigenvalue weighted by Gasteiger charge is 2.24. The highest BCUT2D eigenvalue weighted by atomic mass is 31.2. The number of rotatable bonds is 1. The molecule has 0 atom stereocenters. The molecule has 6 heteroatoms. The van der Waals surface area contributed by atoms with Gasteiger partial charge in [-0.25, -0.2) is 9.34 Å². The van der Waals surface area contributed by atoms with Gasteiger partial charge >= 0.3 is 7.75 Å². The zero-order valence-corrected chi connectivity index (χ0v) is 5.53. The van der Waals surface area contributed by atoms with Crippen molar-refractivity contribution in [1.29, 1.82) is 0 Å². The summed E-state index contributed by atoms with van der Waals surface area (Å²) in [6.07, 6.45) is 2.10. The Morgan fingerprint density at radius 2 is 2.33 bits per heavy atom. The highest BCUT2D eigenvalue weighted by molar-refractivity contribution is 7.49. The summed E-state index contributed by atoms with van der Waals surface area (Å²) in [5.41, 5.74) is 0. The predicted molar refractivity (Wildman–Crippen MR) is 31.9 cm³/mol. The molecule has 1 aliphatic rings. The maximum Gasteiger partial charge on any atom is 0.445 e. The third-order valence-corrected chi connectivity index (χ3v) is 1.88. The Morgan fingerprint density at radius 1 is 1.67 bits per heavy atom. The largest absolute Gasteiger partial charge is 0.445 e. The molecule has 1 rings (SSSR count). The first-order valence-electron chi connectivity index (χ1n) is 2.47. The van der Waals surface area contributed by atoms with Crippen LogP contribution in [0.25, 0.3) is 0 Å². The molecule has 0 fully saturated rings. The molecule has 1 aliphatic heterocycles. The molecule has 9 heavy (non-hydrogen) atoms. The minimum Gasteiger partial charge on any atom is -0.307 e. The first-order valence-corrected chi connectivity index (χ1v) is 4.03. The first kappa shape index (κ1) is 6.74. The minimum atomic E-state index is -4.08. The topological polar surface area (TPSA) is 73.1 Å². The lowest BCUT2D eigenvalue weighted by Gasteiger charge is -2.13. The van der Waals surface area contributed by atoms with Gasteiger partial charge in [0.2, 0.25) is 0 Å². The molecule has 5 nitrogen and oxygen atoms in total. The molecule has 0 spiro atoms. The summed E-state index contributed by atoms with van der Waals surface area (Å²) in [5.74, 6) is 0. The SMILES string of the molecule is O=P(O)(O)N1CCC=N1. The molecule has 1 heterocycles. The molecule has 0 unspecified atom stereocenters. The number of hydrazone groups is 1. The van der Waals surface area contributed by atoms with E-state index < -0.39 is 7.75 Å². The van der Waals surface area contributed by atoms with E-state index in [2.05, 4.69) is 5.10 Å². The van der Waals surface area contributed by atoms with E-state index in [-0.39, 0.29) is 0 Å². The van der Waals surface area contributed by atoms with E-state index >= 15 is 0 Å². The Labute approximate surface area is 52.2 Å². The molecular weight excluding hydrogens is 143 g/mol. The van der Waals surface area contributed by atoms with Gasteiger partial charge in [0.15, 0.2) is 0 Å². The predicted octanol–water partition coefficient (Wildman–Crippen LogP) is -0.229. The van der Waals surface area contributed by atoms with Crippen LogP contribution in [0, 0.1) is 0 Å². The van der Waals surface area contributed by atoms with Gasteiger partial charge in [0.1, 0.15) is 0 Å². The third-order valence-electron chi connectivity index (χ3n) is 0.974. The molecule has 0 aromatic carbocycles. The van der Waals surface area contributed by atoms with E-state index in [1.165, 1.54) is 6.21 Å². The lowest BCUT2D eigenvalue weighted by Crippen LogP contribution is -2.09. The van der Waals surface area contributed by atoms with Crippen LogP contribution in [-0.4, -0.2) is 27.3 Å². The number of nitrogens with zero attached hydrogens (tertiary/aromatic N) is 2. The van der Waals surface area contributed by atoms with Crippen LogP contribution < -0.4 is 0 Å². The van der Waals surface area contributed by atoms with Gasteiger partial charge in [-0.05, 0) is 0 Å². The van der Waals surface area contributed by atoms with Gasteiger partial charge in [0.25, 0.3) is 0 Å². The van der Waals surface area contributed by atoms with Crippen molar-refractivity contribution in [3.63, 3.8) is 0 Å². The van der Waals surface area contributed by atoms with Gasteiger partial charge in [-0.3, -0.25) is 0 Å². The Bertz CT molecular complexity index is 174. The molecular formula is C3H7N2O3P. The van der Waals surface area contributed by atoms with E-state index in [4.69, 9.17) is 9.79 Å². The second-order valence-electron chi connectivity index (χ2n) is 1.70. The molecule has 0 saturated heterocycles. The van der Waals surface area contributed by atoms with E-state index in [0.717, 1.165) is 4.78 Å². The van der Waals surface area contributed by atoms with Gasteiger partial charge in [0.05, 0.1) is 6.54 Å². The molecule has 0 aromatic rings. The summed E-state index contributed by atoms with van der Waals surface area (Å²) >= 11 is 0. The van der Waals surface area contributed by atoms with Gasteiger partial charge in [-0.2, -0.15) is 5.10 Å². The smallest absolute Gasteiger partial charge is 0.307 e. The van der Waals surface area contributed by atoms with E-state index in [0.29, 0.717) is 13.0 Å².